The Bertz CT molecular complexity index is 5020. The Kier molecular flexibility index (Phi) is 11.4. The van der Waals surface area contributed by atoms with E-state index in [-0.39, 0.29) is 0 Å². The van der Waals surface area contributed by atoms with Crippen molar-refractivity contribution in [1.29, 1.82) is 0 Å². The number of rotatable bonds is 10. The molecular formula is C79H59N3. The molecule has 0 atom stereocenters. The molecule has 12 aromatic carbocycles. The van der Waals surface area contributed by atoms with Crippen molar-refractivity contribution < 1.29 is 0 Å². The minimum absolute atomic E-state index is 0.959. The van der Waals surface area contributed by atoms with Crippen LogP contribution in [0.1, 0.15) is 54.6 Å². The zero-order valence-electron chi connectivity index (χ0n) is 46.2. The van der Waals surface area contributed by atoms with E-state index in [1.165, 1.54) is 154 Å². The Morgan fingerprint density at radius 1 is 0.305 bits per heavy atom. The SMILES string of the molecule is CCCc1cccc(-n2c3c(c4ccccc42)C=C(c2ccc4c(c2)c2cc(-c5ccc6c(c5)c5ccccc5n6-c5cccc(CC)c5)ccc2n4-c2ccc(-c4c5ccccc5c(-c5ccccc5)c5ccccc45)cc2)CC3)c1. The molecule has 0 spiro atoms. The normalized spacial score (nSPS) is 12.6. The van der Waals surface area contributed by atoms with Crippen LogP contribution in [0, 0.1) is 0 Å². The lowest BCUT2D eigenvalue weighted by atomic mass is 9.86. The molecule has 0 fully saturated rings. The van der Waals surface area contributed by atoms with Crippen LogP contribution in [-0.4, -0.2) is 13.7 Å². The van der Waals surface area contributed by atoms with Gasteiger partial charge in [0.15, 0.2) is 0 Å². The molecule has 1 aliphatic carbocycles. The molecule has 0 saturated carbocycles. The Labute approximate surface area is 477 Å². The predicted octanol–water partition coefficient (Wildman–Crippen LogP) is 21.1. The maximum Gasteiger partial charge on any atom is 0.0541 e. The van der Waals surface area contributed by atoms with Crippen LogP contribution < -0.4 is 0 Å². The average molecular weight is 1050 g/mol. The van der Waals surface area contributed by atoms with Crippen LogP contribution in [0.25, 0.3) is 138 Å². The third kappa shape index (κ3) is 7.64. The Morgan fingerprint density at radius 3 is 1.37 bits per heavy atom. The van der Waals surface area contributed by atoms with Crippen LogP contribution in [-0.2, 0) is 19.3 Å². The summed E-state index contributed by atoms with van der Waals surface area (Å²) in [5.41, 5.74) is 25.2. The fourth-order valence-electron chi connectivity index (χ4n) is 14.0. The predicted molar refractivity (Wildman–Crippen MR) is 349 cm³/mol. The van der Waals surface area contributed by atoms with E-state index < -0.39 is 0 Å². The molecule has 0 aliphatic heterocycles. The van der Waals surface area contributed by atoms with Gasteiger partial charge in [-0.25, -0.2) is 0 Å². The Hall–Kier alpha value is -9.96. The number of hydrogen-bond donors (Lipinski definition) is 0. The van der Waals surface area contributed by atoms with E-state index in [9.17, 15) is 0 Å². The van der Waals surface area contributed by atoms with E-state index in [1.807, 2.05) is 0 Å². The summed E-state index contributed by atoms with van der Waals surface area (Å²) in [6.07, 6.45) is 7.64. The number of benzene rings is 12. The van der Waals surface area contributed by atoms with Gasteiger partial charge in [0.25, 0.3) is 0 Å². The second kappa shape index (κ2) is 19.4. The number of aryl methyl sites for hydroxylation is 2. The van der Waals surface area contributed by atoms with E-state index in [0.717, 1.165) is 37.8 Å². The van der Waals surface area contributed by atoms with E-state index >= 15 is 0 Å². The number of allylic oxidation sites excluding steroid dienone is 1. The van der Waals surface area contributed by atoms with E-state index in [1.54, 1.807) is 0 Å². The first-order valence-electron chi connectivity index (χ1n) is 29.3. The molecule has 15 aromatic rings. The summed E-state index contributed by atoms with van der Waals surface area (Å²) in [4.78, 5) is 0. The molecule has 82 heavy (non-hydrogen) atoms. The molecule has 3 heterocycles. The van der Waals surface area contributed by atoms with Gasteiger partial charge in [-0.15, -0.1) is 0 Å². The Morgan fingerprint density at radius 2 is 0.756 bits per heavy atom. The molecule has 3 heteroatoms. The summed E-state index contributed by atoms with van der Waals surface area (Å²) >= 11 is 0. The van der Waals surface area contributed by atoms with Crippen molar-refractivity contribution in [3.63, 3.8) is 0 Å². The zero-order chi connectivity index (χ0) is 54.4. The van der Waals surface area contributed by atoms with Gasteiger partial charge in [-0.3, -0.25) is 0 Å². The molecule has 3 nitrogen and oxygen atoms in total. The fourth-order valence-corrected chi connectivity index (χ4v) is 14.0. The lowest BCUT2D eigenvalue weighted by molar-refractivity contribution is 0.888. The first-order valence-corrected chi connectivity index (χ1v) is 29.3. The zero-order valence-corrected chi connectivity index (χ0v) is 46.2. The molecule has 0 radical (unpaired) electrons. The molecule has 390 valence electrons. The van der Waals surface area contributed by atoms with Gasteiger partial charge in [0.2, 0.25) is 0 Å². The molecule has 1 aliphatic rings. The minimum Gasteiger partial charge on any atom is -0.313 e. The van der Waals surface area contributed by atoms with Crippen LogP contribution >= 0.6 is 0 Å². The summed E-state index contributed by atoms with van der Waals surface area (Å²) < 4.78 is 7.46. The second-order valence-corrected chi connectivity index (χ2v) is 22.5. The van der Waals surface area contributed by atoms with E-state index in [4.69, 9.17) is 0 Å². The van der Waals surface area contributed by atoms with Crippen LogP contribution in [0.3, 0.4) is 0 Å². The van der Waals surface area contributed by atoms with Crippen LogP contribution in [0.15, 0.2) is 255 Å². The maximum atomic E-state index is 2.53. The summed E-state index contributed by atoms with van der Waals surface area (Å²) in [6.45, 7) is 4.50. The van der Waals surface area contributed by atoms with Crippen molar-refractivity contribution in [1.82, 2.24) is 13.7 Å². The monoisotopic (exact) mass is 1050 g/mol. The van der Waals surface area contributed by atoms with Gasteiger partial charge in [0.05, 0.1) is 27.6 Å². The van der Waals surface area contributed by atoms with E-state index in [0.29, 0.717) is 0 Å². The van der Waals surface area contributed by atoms with Crippen molar-refractivity contribution in [2.24, 2.45) is 0 Å². The highest BCUT2D eigenvalue weighted by Crippen LogP contribution is 2.46. The minimum atomic E-state index is 0.959. The van der Waals surface area contributed by atoms with Gasteiger partial charge in [-0.05, 0) is 194 Å². The number of fused-ring (bicyclic) bond motifs is 11. The quantitative estimate of drug-likeness (QED) is 0.121. The number of para-hydroxylation sites is 2. The van der Waals surface area contributed by atoms with Gasteiger partial charge < -0.3 is 13.7 Å². The summed E-state index contributed by atoms with van der Waals surface area (Å²) in [5.74, 6) is 0. The van der Waals surface area contributed by atoms with Crippen LogP contribution in [0.2, 0.25) is 0 Å². The van der Waals surface area contributed by atoms with Crippen molar-refractivity contribution in [3.8, 4) is 50.4 Å². The molecular weight excluding hydrogens is 991 g/mol. The Balaban J connectivity index is 0.865. The molecule has 0 unspecified atom stereocenters. The van der Waals surface area contributed by atoms with Crippen molar-refractivity contribution in [2.45, 2.75) is 46.0 Å². The van der Waals surface area contributed by atoms with Crippen LogP contribution in [0.5, 0.6) is 0 Å². The molecule has 0 bridgehead atoms. The largest absolute Gasteiger partial charge is 0.313 e. The summed E-state index contributed by atoms with van der Waals surface area (Å²) in [6, 6.07) is 95.7. The number of nitrogens with zero attached hydrogens (tertiary/aromatic N) is 3. The third-order valence-corrected chi connectivity index (χ3v) is 17.8. The molecule has 0 amide bonds. The third-order valence-electron chi connectivity index (χ3n) is 17.8. The van der Waals surface area contributed by atoms with Crippen LogP contribution in [0.4, 0.5) is 0 Å². The highest BCUT2D eigenvalue weighted by atomic mass is 15.0. The fraction of sp³-hybridized carbons (Fsp3) is 0.0886. The smallest absolute Gasteiger partial charge is 0.0541 e. The topological polar surface area (TPSA) is 14.8 Å². The molecule has 0 N–H and O–H groups in total. The molecule has 3 aromatic heterocycles. The molecule has 16 rings (SSSR count). The highest BCUT2D eigenvalue weighted by Gasteiger charge is 2.24. The lowest BCUT2D eigenvalue weighted by Crippen LogP contribution is -2.05. The summed E-state index contributed by atoms with van der Waals surface area (Å²) in [7, 11) is 0. The van der Waals surface area contributed by atoms with Gasteiger partial charge in [0, 0.05) is 55.3 Å². The maximum absolute atomic E-state index is 2.53. The van der Waals surface area contributed by atoms with Gasteiger partial charge in [-0.2, -0.15) is 0 Å². The highest BCUT2D eigenvalue weighted by molar-refractivity contribution is 6.21. The van der Waals surface area contributed by atoms with E-state index in [2.05, 4.69) is 288 Å². The lowest BCUT2D eigenvalue weighted by Gasteiger charge is -2.18. The first kappa shape index (κ1) is 48.0. The van der Waals surface area contributed by atoms with Gasteiger partial charge >= 0.3 is 0 Å². The van der Waals surface area contributed by atoms with Crippen molar-refractivity contribution in [3.05, 3.63) is 283 Å². The van der Waals surface area contributed by atoms with Crippen molar-refractivity contribution in [2.75, 3.05) is 0 Å². The standard InChI is InChI=1S/C79H59N3/c1-3-18-52-20-17-24-61(46-52)82-73-32-15-13-26-63(73)69-48-56(36-42-75(69)82)58-38-44-77-71(50-58)70-49-57(55-35-41-74-68(47-55)62-25-12-14-31-72(62)81(74)60-23-16-19-51(4-2)45-60)37-43-76(70)80(77)59-39-33-54(34-40-59)79-66-29-10-8-27-64(66)78(53-21-6-5-7-22-53)65-28-9-11-30-67(65)79/h5-17,19-35,37-41,43-50H,3-4,18,36,42H2,1-2H3. The van der Waals surface area contributed by atoms with Gasteiger partial charge in [0.1, 0.15) is 0 Å². The number of aromatic nitrogens is 3. The summed E-state index contributed by atoms with van der Waals surface area (Å²) in [5, 5.41) is 11.4. The van der Waals surface area contributed by atoms with Crippen molar-refractivity contribution >= 4 is 87.7 Å². The second-order valence-electron chi connectivity index (χ2n) is 22.5. The van der Waals surface area contributed by atoms with Gasteiger partial charge in [-0.1, -0.05) is 190 Å². The number of hydrogen-bond acceptors (Lipinski definition) is 0. The average Bonchev–Trinajstić information content (AvgIpc) is 3.33. The first-order chi connectivity index (χ1) is 40.6. The molecule has 0 saturated heterocycles.